The molecule has 0 aliphatic carbocycles. The lowest BCUT2D eigenvalue weighted by molar-refractivity contribution is 0.166. The van der Waals surface area contributed by atoms with Crippen LogP contribution in [0.3, 0.4) is 0 Å². The number of likely N-dealkylation sites (N-methyl/N-ethyl adjacent to an activating group) is 1. The number of hydrogen-bond donors (Lipinski definition) is 1. The Hall–Kier alpha value is -0.860. The van der Waals surface area contributed by atoms with E-state index in [0.29, 0.717) is 12.1 Å². The van der Waals surface area contributed by atoms with Crippen molar-refractivity contribution in [2.24, 2.45) is 0 Å². The van der Waals surface area contributed by atoms with Crippen LogP contribution in [0, 0.1) is 0 Å². The van der Waals surface area contributed by atoms with Crippen LogP contribution < -0.4 is 5.32 Å². The minimum atomic E-state index is 0.428. The van der Waals surface area contributed by atoms with Crippen LogP contribution in [-0.2, 0) is 0 Å². The number of likely N-dealkylation sites (tertiary alicyclic amines) is 1. The lowest BCUT2D eigenvalue weighted by Crippen LogP contribution is -2.43. The quantitative estimate of drug-likeness (QED) is 0.858. The zero-order valence-electron chi connectivity index (χ0n) is 11.2. The molecular weight excluding hydrogens is 208 g/mol. The van der Waals surface area contributed by atoms with Crippen LogP contribution in [0.15, 0.2) is 30.3 Å². The van der Waals surface area contributed by atoms with Gasteiger partial charge < -0.3 is 5.32 Å². The van der Waals surface area contributed by atoms with Crippen molar-refractivity contribution in [2.45, 2.75) is 44.8 Å². The summed E-state index contributed by atoms with van der Waals surface area (Å²) in [7, 11) is 2.06. The molecule has 1 aliphatic heterocycles. The summed E-state index contributed by atoms with van der Waals surface area (Å²) >= 11 is 0. The molecule has 0 bridgehead atoms. The minimum absolute atomic E-state index is 0.428. The normalized spacial score (nSPS) is 24.8. The molecule has 1 aliphatic rings. The van der Waals surface area contributed by atoms with Gasteiger partial charge in [-0.25, -0.2) is 0 Å². The molecule has 1 fully saturated rings. The number of rotatable bonds is 4. The molecule has 1 heterocycles. The Bertz CT molecular complexity index is 336. The molecule has 0 amide bonds. The summed E-state index contributed by atoms with van der Waals surface area (Å²) in [6, 6.07) is 12.5. The fourth-order valence-corrected chi connectivity index (χ4v) is 3.10. The summed E-state index contributed by atoms with van der Waals surface area (Å²) in [5.74, 6) is 0. The third-order valence-electron chi connectivity index (χ3n) is 4.08. The van der Waals surface area contributed by atoms with E-state index in [0.717, 1.165) is 6.04 Å². The molecule has 0 spiro atoms. The highest BCUT2D eigenvalue weighted by molar-refractivity contribution is 5.20. The molecule has 17 heavy (non-hydrogen) atoms. The summed E-state index contributed by atoms with van der Waals surface area (Å²) < 4.78 is 0. The number of benzene rings is 1. The molecule has 2 rings (SSSR count). The molecule has 1 aromatic rings. The average molecular weight is 232 g/mol. The van der Waals surface area contributed by atoms with Crippen LogP contribution in [-0.4, -0.2) is 30.6 Å². The zero-order chi connectivity index (χ0) is 12.3. The molecular formula is C15H24N2. The van der Waals surface area contributed by atoms with Gasteiger partial charge in [0.25, 0.3) is 0 Å². The lowest BCUT2D eigenvalue weighted by atomic mass is 9.99. The summed E-state index contributed by atoms with van der Waals surface area (Å²) in [6.07, 6.45) is 2.69. The van der Waals surface area contributed by atoms with Crippen molar-refractivity contribution in [2.75, 3.05) is 13.6 Å². The highest BCUT2D eigenvalue weighted by Crippen LogP contribution is 2.27. The van der Waals surface area contributed by atoms with E-state index in [4.69, 9.17) is 0 Å². The standard InChI is InChI=1S/C15H24N2/c1-12-8-7-11-17(12)13(2)15(16-3)14-9-5-4-6-10-14/h4-6,9-10,12-13,15-16H,7-8,11H2,1-3H3. The highest BCUT2D eigenvalue weighted by atomic mass is 15.2. The Kier molecular flexibility index (Phi) is 4.19. The van der Waals surface area contributed by atoms with Crippen LogP contribution in [0.4, 0.5) is 0 Å². The fraction of sp³-hybridized carbons (Fsp3) is 0.600. The molecule has 94 valence electrons. The summed E-state index contributed by atoms with van der Waals surface area (Å²) in [5, 5.41) is 3.47. The monoisotopic (exact) mass is 232 g/mol. The first-order chi connectivity index (χ1) is 8.24. The van der Waals surface area contributed by atoms with Gasteiger partial charge in [0.1, 0.15) is 0 Å². The Labute approximate surface area is 105 Å². The van der Waals surface area contributed by atoms with Crippen LogP contribution in [0.5, 0.6) is 0 Å². The van der Waals surface area contributed by atoms with E-state index < -0.39 is 0 Å². The molecule has 2 nitrogen and oxygen atoms in total. The highest BCUT2D eigenvalue weighted by Gasteiger charge is 2.29. The van der Waals surface area contributed by atoms with Gasteiger partial charge >= 0.3 is 0 Å². The fourth-order valence-electron chi connectivity index (χ4n) is 3.10. The molecule has 0 saturated carbocycles. The van der Waals surface area contributed by atoms with Crippen LogP contribution in [0.2, 0.25) is 0 Å². The smallest absolute Gasteiger partial charge is 0.0473 e. The average Bonchev–Trinajstić information content (AvgIpc) is 2.77. The van der Waals surface area contributed by atoms with E-state index in [1.54, 1.807) is 0 Å². The number of hydrogen-bond acceptors (Lipinski definition) is 2. The molecule has 3 atom stereocenters. The first kappa shape index (κ1) is 12.6. The van der Waals surface area contributed by atoms with Crippen molar-refractivity contribution in [1.29, 1.82) is 0 Å². The molecule has 1 aromatic carbocycles. The van der Waals surface area contributed by atoms with Gasteiger partial charge in [-0.15, -0.1) is 0 Å². The minimum Gasteiger partial charge on any atom is -0.312 e. The van der Waals surface area contributed by atoms with Gasteiger partial charge in [-0.3, -0.25) is 4.90 Å². The summed E-state index contributed by atoms with van der Waals surface area (Å²) in [4.78, 5) is 2.63. The maximum Gasteiger partial charge on any atom is 0.0473 e. The van der Waals surface area contributed by atoms with Crippen molar-refractivity contribution in [3.8, 4) is 0 Å². The van der Waals surface area contributed by atoms with Crippen molar-refractivity contribution in [1.82, 2.24) is 10.2 Å². The maximum atomic E-state index is 3.47. The molecule has 0 aromatic heterocycles. The summed E-state index contributed by atoms with van der Waals surface area (Å²) in [6.45, 7) is 5.94. The number of nitrogens with one attached hydrogen (secondary N) is 1. The topological polar surface area (TPSA) is 15.3 Å². The Morgan fingerprint density at radius 2 is 2.00 bits per heavy atom. The van der Waals surface area contributed by atoms with Crippen LogP contribution in [0.1, 0.15) is 38.3 Å². The second kappa shape index (κ2) is 5.65. The predicted molar refractivity (Wildman–Crippen MR) is 73.1 cm³/mol. The van der Waals surface area contributed by atoms with E-state index in [2.05, 4.69) is 61.4 Å². The van der Waals surface area contributed by atoms with E-state index in [9.17, 15) is 0 Å². The molecule has 1 saturated heterocycles. The van der Waals surface area contributed by atoms with Gasteiger partial charge in [-0.2, -0.15) is 0 Å². The van der Waals surface area contributed by atoms with Gasteiger partial charge in [0.05, 0.1) is 0 Å². The van der Waals surface area contributed by atoms with Gasteiger partial charge in [-0.05, 0) is 45.8 Å². The Morgan fingerprint density at radius 3 is 2.53 bits per heavy atom. The second-order valence-electron chi connectivity index (χ2n) is 5.15. The van der Waals surface area contributed by atoms with Gasteiger partial charge in [-0.1, -0.05) is 30.3 Å². The van der Waals surface area contributed by atoms with Crippen molar-refractivity contribution in [3.63, 3.8) is 0 Å². The summed E-state index contributed by atoms with van der Waals surface area (Å²) in [5.41, 5.74) is 1.39. The van der Waals surface area contributed by atoms with Gasteiger partial charge in [0.15, 0.2) is 0 Å². The SMILES string of the molecule is CNC(c1ccccc1)C(C)N1CCCC1C. The molecule has 2 heteroatoms. The van der Waals surface area contributed by atoms with Crippen molar-refractivity contribution >= 4 is 0 Å². The molecule has 1 N–H and O–H groups in total. The zero-order valence-corrected chi connectivity index (χ0v) is 11.2. The Morgan fingerprint density at radius 1 is 1.29 bits per heavy atom. The van der Waals surface area contributed by atoms with Crippen molar-refractivity contribution in [3.05, 3.63) is 35.9 Å². The lowest BCUT2D eigenvalue weighted by Gasteiger charge is -2.34. The largest absolute Gasteiger partial charge is 0.312 e. The Balaban J connectivity index is 2.13. The van der Waals surface area contributed by atoms with E-state index in [-0.39, 0.29) is 0 Å². The van der Waals surface area contributed by atoms with E-state index in [1.807, 2.05) is 0 Å². The van der Waals surface area contributed by atoms with E-state index >= 15 is 0 Å². The van der Waals surface area contributed by atoms with Gasteiger partial charge in [0, 0.05) is 18.1 Å². The second-order valence-corrected chi connectivity index (χ2v) is 5.15. The van der Waals surface area contributed by atoms with Crippen LogP contribution >= 0.6 is 0 Å². The predicted octanol–water partition coefficient (Wildman–Crippen LogP) is 2.82. The number of nitrogens with zero attached hydrogens (tertiary/aromatic N) is 1. The third kappa shape index (κ3) is 2.70. The first-order valence-electron chi connectivity index (χ1n) is 6.72. The van der Waals surface area contributed by atoms with Crippen LogP contribution in [0.25, 0.3) is 0 Å². The maximum absolute atomic E-state index is 3.47. The van der Waals surface area contributed by atoms with Crippen molar-refractivity contribution < 1.29 is 0 Å². The third-order valence-corrected chi connectivity index (χ3v) is 4.08. The molecule has 3 unspecified atom stereocenters. The first-order valence-corrected chi connectivity index (χ1v) is 6.72. The van der Waals surface area contributed by atoms with Gasteiger partial charge in [0.2, 0.25) is 0 Å². The molecule has 0 radical (unpaired) electrons. The van der Waals surface area contributed by atoms with E-state index in [1.165, 1.54) is 24.9 Å².